The summed E-state index contributed by atoms with van der Waals surface area (Å²) in [6, 6.07) is 13.4. The Kier molecular flexibility index (Phi) is 5.68. The van der Waals surface area contributed by atoms with Crippen molar-refractivity contribution in [3.05, 3.63) is 60.7 Å². The number of carbonyl (C=O) groups is 1. The van der Waals surface area contributed by atoms with Gasteiger partial charge in [0.2, 0.25) is 6.79 Å². The molecule has 8 nitrogen and oxygen atoms in total. The van der Waals surface area contributed by atoms with Crippen LogP contribution in [0, 0.1) is 5.82 Å². The lowest BCUT2D eigenvalue weighted by Crippen LogP contribution is -2.52. The summed E-state index contributed by atoms with van der Waals surface area (Å²) in [5.41, 5.74) is 1.55. The molecular formula is C24H23FN4O4. The average Bonchev–Trinajstić information content (AvgIpc) is 3.32. The molecule has 170 valence electrons. The van der Waals surface area contributed by atoms with Crippen LogP contribution in [0.3, 0.4) is 0 Å². The van der Waals surface area contributed by atoms with Crippen LogP contribution in [0.2, 0.25) is 0 Å². The summed E-state index contributed by atoms with van der Waals surface area (Å²) in [7, 11) is 0. The highest BCUT2D eigenvalue weighted by atomic mass is 19.1. The summed E-state index contributed by atoms with van der Waals surface area (Å²) in [4.78, 5) is 25.5. The third-order valence-corrected chi connectivity index (χ3v) is 5.71. The van der Waals surface area contributed by atoms with E-state index in [1.807, 2.05) is 6.07 Å². The summed E-state index contributed by atoms with van der Waals surface area (Å²) in [6.45, 7) is 4.34. The molecule has 0 saturated carbocycles. The van der Waals surface area contributed by atoms with Crippen LogP contribution in [0.5, 0.6) is 17.2 Å². The maximum Gasteiger partial charge on any atom is 0.263 e. The first-order chi connectivity index (χ1) is 16.1. The first-order valence-electron chi connectivity index (χ1n) is 10.7. The number of aromatic nitrogens is 2. The Morgan fingerprint density at radius 2 is 1.76 bits per heavy atom. The molecule has 9 heteroatoms. The lowest BCUT2D eigenvalue weighted by atomic mass is 10.1. The molecule has 0 aliphatic carbocycles. The topological polar surface area (TPSA) is 77.0 Å². The van der Waals surface area contributed by atoms with Crippen molar-refractivity contribution >= 4 is 11.7 Å². The Bertz CT molecular complexity index is 1150. The maximum absolute atomic E-state index is 13.2. The Balaban J connectivity index is 1.19. The van der Waals surface area contributed by atoms with Crippen LogP contribution in [0.15, 0.2) is 54.9 Å². The van der Waals surface area contributed by atoms with E-state index in [1.54, 1.807) is 42.2 Å². The van der Waals surface area contributed by atoms with E-state index >= 15 is 0 Å². The van der Waals surface area contributed by atoms with Crippen LogP contribution in [0.1, 0.15) is 6.92 Å². The van der Waals surface area contributed by atoms with Gasteiger partial charge in [0.05, 0.1) is 5.69 Å². The highest BCUT2D eigenvalue weighted by molar-refractivity contribution is 5.81. The number of anilines is 1. The number of benzene rings is 2. The Morgan fingerprint density at radius 1 is 1.00 bits per heavy atom. The molecule has 5 rings (SSSR count). The van der Waals surface area contributed by atoms with E-state index in [2.05, 4.69) is 14.9 Å². The molecule has 0 radical (unpaired) electrons. The molecule has 0 spiro atoms. The molecule has 3 aromatic rings. The molecule has 1 fully saturated rings. The van der Waals surface area contributed by atoms with Gasteiger partial charge < -0.3 is 24.0 Å². The highest BCUT2D eigenvalue weighted by Gasteiger charge is 2.27. The first-order valence-corrected chi connectivity index (χ1v) is 10.7. The minimum Gasteiger partial charge on any atom is -0.481 e. The number of hydrogen-bond donors (Lipinski definition) is 0. The standard InChI is InChI=1S/C24H23FN4O4/c1-16(33-19-6-7-21-22(12-19)32-15-31-21)24(30)29-10-8-28(9-11-29)23-13-20(26-14-27-23)17-2-4-18(25)5-3-17/h2-7,12-14,16H,8-11,15H2,1H3. The minimum absolute atomic E-state index is 0.0676. The van der Waals surface area contributed by atoms with Gasteiger partial charge in [-0.1, -0.05) is 0 Å². The van der Waals surface area contributed by atoms with Crippen LogP contribution in [0.4, 0.5) is 10.2 Å². The molecule has 1 aromatic heterocycles. The fourth-order valence-electron chi connectivity index (χ4n) is 3.92. The smallest absolute Gasteiger partial charge is 0.263 e. The van der Waals surface area contributed by atoms with E-state index in [0.29, 0.717) is 43.4 Å². The monoisotopic (exact) mass is 450 g/mol. The second-order valence-electron chi connectivity index (χ2n) is 7.86. The van der Waals surface area contributed by atoms with Crippen molar-refractivity contribution in [1.29, 1.82) is 0 Å². The second-order valence-corrected chi connectivity index (χ2v) is 7.86. The summed E-state index contributed by atoms with van der Waals surface area (Å²) in [5.74, 6) is 2.28. The fraction of sp³-hybridized carbons (Fsp3) is 0.292. The van der Waals surface area contributed by atoms with Crippen LogP contribution in [0.25, 0.3) is 11.3 Å². The summed E-state index contributed by atoms with van der Waals surface area (Å²) >= 11 is 0. The Hall–Kier alpha value is -3.88. The van der Waals surface area contributed by atoms with E-state index < -0.39 is 6.10 Å². The van der Waals surface area contributed by atoms with E-state index in [0.717, 1.165) is 17.1 Å². The molecule has 1 saturated heterocycles. The van der Waals surface area contributed by atoms with E-state index in [1.165, 1.54) is 18.5 Å². The minimum atomic E-state index is -0.624. The van der Waals surface area contributed by atoms with E-state index in [4.69, 9.17) is 14.2 Å². The molecule has 33 heavy (non-hydrogen) atoms. The van der Waals surface area contributed by atoms with Gasteiger partial charge in [-0.05, 0) is 43.3 Å². The zero-order valence-electron chi connectivity index (χ0n) is 18.1. The number of fused-ring (bicyclic) bond motifs is 1. The number of nitrogens with zero attached hydrogens (tertiary/aromatic N) is 4. The molecule has 2 aliphatic rings. The lowest BCUT2D eigenvalue weighted by Gasteiger charge is -2.36. The van der Waals surface area contributed by atoms with Gasteiger partial charge in [-0.3, -0.25) is 4.79 Å². The molecular weight excluding hydrogens is 427 g/mol. The number of halogens is 1. The van der Waals surface area contributed by atoms with Crippen LogP contribution < -0.4 is 19.1 Å². The van der Waals surface area contributed by atoms with Gasteiger partial charge in [0, 0.05) is 43.9 Å². The van der Waals surface area contributed by atoms with Crippen molar-refractivity contribution in [3.63, 3.8) is 0 Å². The normalized spacial score (nSPS) is 15.9. The highest BCUT2D eigenvalue weighted by Crippen LogP contribution is 2.35. The zero-order chi connectivity index (χ0) is 22.8. The van der Waals surface area contributed by atoms with Gasteiger partial charge in [-0.2, -0.15) is 0 Å². The number of piperazine rings is 1. The third-order valence-electron chi connectivity index (χ3n) is 5.71. The molecule has 3 heterocycles. The van der Waals surface area contributed by atoms with Crippen LogP contribution in [-0.4, -0.2) is 59.9 Å². The largest absolute Gasteiger partial charge is 0.481 e. The van der Waals surface area contributed by atoms with Crippen LogP contribution >= 0.6 is 0 Å². The van der Waals surface area contributed by atoms with Gasteiger partial charge in [0.15, 0.2) is 17.6 Å². The average molecular weight is 450 g/mol. The molecule has 1 unspecified atom stereocenters. The molecule has 1 amide bonds. The second kappa shape index (κ2) is 8.93. The summed E-state index contributed by atoms with van der Waals surface area (Å²) in [6.07, 6.45) is 0.883. The molecule has 1 atom stereocenters. The summed E-state index contributed by atoms with van der Waals surface area (Å²) < 4.78 is 29.7. The molecule has 0 bridgehead atoms. The lowest BCUT2D eigenvalue weighted by molar-refractivity contribution is -0.138. The summed E-state index contributed by atoms with van der Waals surface area (Å²) in [5, 5.41) is 0. The predicted octanol–water partition coefficient (Wildman–Crippen LogP) is 3.13. The van der Waals surface area contributed by atoms with Gasteiger partial charge >= 0.3 is 0 Å². The molecule has 2 aromatic carbocycles. The number of hydrogen-bond acceptors (Lipinski definition) is 7. The SMILES string of the molecule is CC(Oc1ccc2c(c1)OCO2)C(=O)N1CCN(c2cc(-c3ccc(F)cc3)ncn2)CC1. The van der Waals surface area contributed by atoms with E-state index in [9.17, 15) is 9.18 Å². The van der Waals surface area contributed by atoms with Crippen molar-refractivity contribution in [1.82, 2.24) is 14.9 Å². The van der Waals surface area contributed by atoms with Crippen molar-refractivity contribution in [3.8, 4) is 28.5 Å². The molecule has 2 aliphatic heterocycles. The van der Waals surface area contributed by atoms with Gasteiger partial charge in [-0.25, -0.2) is 14.4 Å². The maximum atomic E-state index is 13.2. The number of ether oxygens (including phenoxy) is 3. The fourth-order valence-corrected chi connectivity index (χ4v) is 3.92. The zero-order valence-corrected chi connectivity index (χ0v) is 18.1. The molecule has 0 N–H and O–H groups in total. The predicted molar refractivity (Wildman–Crippen MR) is 119 cm³/mol. The number of amides is 1. The Labute approximate surface area is 190 Å². The quantitative estimate of drug-likeness (QED) is 0.591. The van der Waals surface area contributed by atoms with E-state index in [-0.39, 0.29) is 18.5 Å². The van der Waals surface area contributed by atoms with Crippen molar-refractivity contribution < 1.29 is 23.4 Å². The number of rotatable bonds is 5. The van der Waals surface area contributed by atoms with Gasteiger partial charge in [0.25, 0.3) is 5.91 Å². The Morgan fingerprint density at radius 3 is 2.55 bits per heavy atom. The van der Waals surface area contributed by atoms with Gasteiger partial charge in [0.1, 0.15) is 23.7 Å². The van der Waals surface area contributed by atoms with Crippen molar-refractivity contribution in [2.45, 2.75) is 13.0 Å². The van der Waals surface area contributed by atoms with Crippen molar-refractivity contribution in [2.24, 2.45) is 0 Å². The van der Waals surface area contributed by atoms with Gasteiger partial charge in [-0.15, -0.1) is 0 Å². The first kappa shape index (κ1) is 21.0. The van der Waals surface area contributed by atoms with Crippen molar-refractivity contribution in [2.75, 3.05) is 37.9 Å². The van der Waals surface area contributed by atoms with Crippen LogP contribution in [-0.2, 0) is 4.79 Å². The number of carbonyl (C=O) groups excluding carboxylic acids is 1. The third kappa shape index (κ3) is 4.52.